The zero-order valence-corrected chi connectivity index (χ0v) is 18.7. The van der Waals surface area contributed by atoms with Gasteiger partial charge in [-0.15, -0.1) is 0 Å². The number of halogens is 2. The van der Waals surface area contributed by atoms with Crippen LogP contribution in [0.15, 0.2) is 84.9 Å². The summed E-state index contributed by atoms with van der Waals surface area (Å²) in [7, 11) is 0. The molecule has 0 fully saturated rings. The molecule has 4 aromatic carbocycles. The van der Waals surface area contributed by atoms with Crippen molar-refractivity contribution >= 4 is 67.0 Å². The summed E-state index contributed by atoms with van der Waals surface area (Å²) in [6, 6.07) is 30.0. The fraction of sp³-hybridized carbons (Fsp3) is 0. The molecular weight excluding hydrogens is 556 g/mol. The highest BCUT2D eigenvalue weighted by Gasteiger charge is 2.22. The van der Waals surface area contributed by atoms with Crippen molar-refractivity contribution < 1.29 is 0 Å². The molecule has 0 aliphatic heterocycles. The third kappa shape index (κ3) is 2.79. The molecule has 0 aliphatic rings. The molecule has 0 bridgehead atoms. The first-order valence-corrected chi connectivity index (χ1v) is 10.9. The Bertz CT molecular complexity index is 1270. The third-order valence-electron chi connectivity index (χ3n) is 4.96. The van der Waals surface area contributed by atoms with Crippen LogP contribution in [-0.2, 0) is 0 Å². The molecule has 0 radical (unpaired) electrons. The first-order valence-electron chi connectivity index (χ1n) is 8.78. The smallest absolute Gasteiger partial charge is 0.0562 e. The Labute approximate surface area is 185 Å². The van der Waals surface area contributed by atoms with Crippen molar-refractivity contribution in [3.8, 4) is 22.3 Å². The van der Waals surface area contributed by atoms with Gasteiger partial charge in [-0.3, -0.25) is 0 Å². The number of hydrogen-bond acceptors (Lipinski definition) is 0. The highest BCUT2D eigenvalue weighted by molar-refractivity contribution is 14.1. The summed E-state index contributed by atoms with van der Waals surface area (Å²) in [5.74, 6) is 0. The minimum absolute atomic E-state index is 1.18. The fourth-order valence-corrected chi connectivity index (χ4v) is 5.46. The van der Waals surface area contributed by atoms with Crippen LogP contribution in [0.25, 0.3) is 44.1 Å². The van der Waals surface area contributed by atoms with E-state index in [0.29, 0.717) is 0 Å². The molecule has 0 spiro atoms. The minimum Gasteiger partial charge on any atom is -0.354 e. The van der Waals surface area contributed by atoms with E-state index in [0.717, 1.165) is 0 Å². The van der Waals surface area contributed by atoms with E-state index >= 15 is 0 Å². The molecule has 3 heteroatoms. The quantitative estimate of drug-likeness (QED) is 0.208. The second-order valence-electron chi connectivity index (χ2n) is 6.53. The molecule has 0 saturated carbocycles. The Kier molecular flexibility index (Phi) is 4.44. The Balaban J connectivity index is 2.03. The van der Waals surface area contributed by atoms with Crippen LogP contribution >= 0.6 is 45.2 Å². The number of rotatable bonds is 2. The lowest BCUT2D eigenvalue weighted by Crippen LogP contribution is -1.95. The van der Waals surface area contributed by atoms with Crippen molar-refractivity contribution in [3.63, 3.8) is 0 Å². The average Bonchev–Trinajstić information content (AvgIpc) is 3.11. The Morgan fingerprint density at radius 3 is 1.78 bits per heavy atom. The molecule has 1 aromatic heterocycles. The first kappa shape index (κ1) is 17.3. The van der Waals surface area contributed by atoms with Gasteiger partial charge < -0.3 is 4.98 Å². The summed E-state index contributed by atoms with van der Waals surface area (Å²) in [6.45, 7) is 0. The van der Waals surface area contributed by atoms with Crippen LogP contribution in [0.4, 0.5) is 0 Å². The maximum absolute atomic E-state index is 3.72. The number of benzene rings is 4. The van der Waals surface area contributed by atoms with Crippen LogP contribution < -0.4 is 0 Å². The normalized spacial score (nSPS) is 11.3. The molecule has 0 unspecified atom stereocenters. The van der Waals surface area contributed by atoms with E-state index in [-0.39, 0.29) is 0 Å². The van der Waals surface area contributed by atoms with E-state index in [2.05, 4.69) is 135 Å². The summed E-state index contributed by atoms with van der Waals surface area (Å²) < 4.78 is 2.61. The topological polar surface area (TPSA) is 15.8 Å². The van der Waals surface area contributed by atoms with Crippen LogP contribution in [0.1, 0.15) is 0 Å². The fourth-order valence-electron chi connectivity index (χ4n) is 3.78. The average molecular weight is 571 g/mol. The van der Waals surface area contributed by atoms with E-state index in [4.69, 9.17) is 0 Å². The Morgan fingerprint density at radius 2 is 1.11 bits per heavy atom. The van der Waals surface area contributed by atoms with Gasteiger partial charge >= 0.3 is 0 Å². The molecule has 0 saturated heterocycles. The van der Waals surface area contributed by atoms with Crippen molar-refractivity contribution in [1.29, 1.82) is 0 Å². The van der Waals surface area contributed by atoms with E-state index in [9.17, 15) is 0 Å². The largest absolute Gasteiger partial charge is 0.354 e. The molecule has 5 aromatic rings. The zero-order valence-electron chi connectivity index (χ0n) is 14.3. The van der Waals surface area contributed by atoms with E-state index < -0.39 is 0 Å². The molecule has 27 heavy (non-hydrogen) atoms. The van der Waals surface area contributed by atoms with Crippen molar-refractivity contribution in [2.75, 3.05) is 0 Å². The predicted molar refractivity (Wildman–Crippen MR) is 132 cm³/mol. The highest BCUT2D eigenvalue weighted by atomic mass is 127. The number of aromatic nitrogens is 1. The lowest BCUT2D eigenvalue weighted by molar-refractivity contribution is 1.51. The van der Waals surface area contributed by atoms with Gasteiger partial charge in [-0.1, -0.05) is 78.9 Å². The van der Waals surface area contributed by atoms with Crippen molar-refractivity contribution in [3.05, 3.63) is 92.1 Å². The van der Waals surface area contributed by atoms with Crippen LogP contribution in [0, 0.1) is 7.14 Å². The number of aromatic amines is 1. The predicted octanol–water partition coefficient (Wildman–Crippen LogP) is 7.86. The standard InChI is InChI=1S/C24H15I2N/c25-22-19(15-9-3-1-4-10-15)20(16-11-5-2-6-12-16)24-21(23(22)26)17-13-7-8-14-18(17)27-24/h1-14,27H. The lowest BCUT2D eigenvalue weighted by atomic mass is 9.92. The van der Waals surface area contributed by atoms with Gasteiger partial charge in [0.2, 0.25) is 0 Å². The summed E-state index contributed by atoms with van der Waals surface area (Å²) >= 11 is 5.03. The van der Waals surface area contributed by atoms with Crippen molar-refractivity contribution in [2.24, 2.45) is 0 Å². The van der Waals surface area contributed by atoms with Crippen molar-refractivity contribution in [2.45, 2.75) is 0 Å². The molecular formula is C24H15I2N. The monoisotopic (exact) mass is 571 g/mol. The first-order chi connectivity index (χ1) is 13.3. The zero-order chi connectivity index (χ0) is 18.4. The number of hydrogen-bond donors (Lipinski definition) is 1. The minimum atomic E-state index is 1.18. The molecule has 130 valence electrons. The molecule has 1 heterocycles. The summed E-state index contributed by atoms with van der Waals surface area (Å²) in [5.41, 5.74) is 7.46. The SMILES string of the molecule is Ic1c(-c2ccccc2)c(-c2ccccc2)c2[nH]c3ccccc3c2c1I. The molecule has 1 N–H and O–H groups in total. The molecule has 0 amide bonds. The van der Waals surface area contributed by atoms with Gasteiger partial charge in [-0.2, -0.15) is 0 Å². The van der Waals surface area contributed by atoms with E-state index in [1.54, 1.807) is 0 Å². The summed E-state index contributed by atoms with van der Waals surface area (Å²) in [4.78, 5) is 3.72. The molecule has 5 rings (SSSR count). The molecule has 0 aliphatic carbocycles. The molecule has 1 nitrogen and oxygen atoms in total. The summed E-state index contributed by atoms with van der Waals surface area (Å²) in [5, 5.41) is 2.60. The van der Waals surface area contributed by atoms with Crippen LogP contribution in [0.3, 0.4) is 0 Å². The van der Waals surface area contributed by atoms with Gasteiger partial charge in [0.05, 0.1) is 5.52 Å². The Morgan fingerprint density at radius 1 is 0.556 bits per heavy atom. The maximum Gasteiger partial charge on any atom is 0.0562 e. The van der Waals surface area contributed by atoms with Gasteiger partial charge in [-0.25, -0.2) is 0 Å². The maximum atomic E-state index is 3.72. The van der Waals surface area contributed by atoms with E-state index in [1.165, 1.54) is 51.2 Å². The van der Waals surface area contributed by atoms with Crippen LogP contribution in [-0.4, -0.2) is 4.98 Å². The third-order valence-corrected chi connectivity index (χ3v) is 8.15. The number of nitrogens with one attached hydrogen (secondary N) is 1. The van der Waals surface area contributed by atoms with Gasteiger partial charge in [0.25, 0.3) is 0 Å². The Hall–Kier alpha value is -1.86. The summed E-state index contributed by atoms with van der Waals surface area (Å²) in [6.07, 6.45) is 0. The van der Waals surface area contributed by atoms with Crippen LogP contribution in [0.2, 0.25) is 0 Å². The second kappa shape index (κ2) is 6.95. The number of para-hydroxylation sites is 1. The lowest BCUT2D eigenvalue weighted by Gasteiger charge is -2.16. The highest BCUT2D eigenvalue weighted by Crippen LogP contribution is 2.45. The number of fused-ring (bicyclic) bond motifs is 3. The van der Waals surface area contributed by atoms with Gasteiger partial charge in [0.15, 0.2) is 0 Å². The molecule has 0 atom stereocenters. The van der Waals surface area contributed by atoms with Crippen LogP contribution in [0.5, 0.6) is 0 Å². The van der Waals surface area contributed by atoms with Gasteiger partial charge in [0, 0.05) is 34.6 Å². The second-order valence-corrected chi connectivity index (χ2v) is 8.69. The number of H-pyrrole nitrogens is 1. The van der Waals surface area contributed by atoms with E-state index in [1.807, 2.05) is 0 Å². The van der Waals surface area contributed by atoms with Gasteiger partial charge in [0.1, 0.15) is 0 Å². The van der Waals surface area contributed by atoms with Gasteiger partial charge in [-0.05, 0) is 62.4 Å². The van der Waals surface area contributed by atoms with Crippen molar-refractivity contribution in [1.82, 2.24) is 4.98 Å².